The van der Waals surface area contributed by atoms with Crippen LogP contribution >= 0.6 is 0 Å². The van der Waals surface area contributed by atoms with Crippen molar-refractivity contribution in [3.05, 3.63) is 35.9 Å². The Bertz CT molecular complexity index is 601. The molecule has 0 aliphatic carbocycles. The number of ether oxygens (including phenoxy) is 2. The molecule has 1 heterocycles. The van der Waals surface area contributed by atoms with Crippen LogP contribution in [0.2, 0.25) is 0 Å². The van der Waals surface area contributed by atoms with Gasteiger partial charge in [0.1, 0.15) is 12.2 Å². The van der Waals surface area contributed by atoms with E-state index in [0.29, 0.717) is 25.8 Å². The molecular formula is C19H25NO5. The van der Waals surface area contributed by atoms with E-state index in [2.05, 4.69) is 0 Å². The first kappa shape index (κ1) is 19.0. The number of rotatable bonds is 6. The number of likely N-dealkylation sites (tertiary alicyclic amines) is 1. The SMILES string of the molecule is CCOC(=O)CC(=O)C1CCN(C(=O)OC)C(Cc2ccccc2)C1. The lowest BCUT2D eigenvalue weighted by Gasteiger charge is -2.38. The van der Waals surface area contributed by atoms with Gasteiger partial charge in [0.05, 0.1) is 13.7 Å². The molecule has 0 spiro atoms. The third kappa shape index (κ3) is 5.31. The number of carbonyl (C=O) groups is 3. The van der Waals surface area contributed by atoms with E-state index in [1.807, 2.05) is 30.3 Å². The Hall–Kier alpha value is -2.37. The molecule has 6 nitrogen and oxygen atoms in total. The quantitative estimate of drug-likeness (QED) is 0.584. The second-order valence-electron chi connectivity index (χ2n) is 6.18. The first-order chi connectivity index (χ1) is 12.0. The third-order valence-corrected chi connectivity index (χ3v) is 4.52. The molecule has 25 heavy (non-hydrogen) atoms. The number of esters is 1. The molecule has 136 valence electrons. The van der Waals surface area contributed by atoms with E-state index in [0.717, 1.165) is 5.56 Å². The number of hydrogen-bond acceptors (Lipinski definition) is 5. The van der Waals surface area contributed by atoms with Crippen molar-refractivity contribution in [2.75, 3.05) is 20.3 Å². The molecule has 2 rings (SSSR count). The van der Waals surface area contributed by atoms with Crippen LogP contribution in [0.1, 0.15) is 31.7 Å². The number of hydrogen-bond donors (Lipinski definition) is 0. The lowest BCUT2D eigenvalue weighted by molar-refractivity contribution is -0.146. The molecule has 2 atom stereocenters. The Morgan fingerprint density at radius 2 is 1.92 bits per heavy atom. The summed E-state index contributed by atoms with van der Waals surface area (Å²) in [6.07, 6.45) is 1.15. The van der Waals surface area contributed by atoms with Gasteiger partial charge in [-0.3, -0.25) is 9.59 Å². The van der Waals surface area contributed by atoms with Gasteiger partial charge in [-0.05, 0) is 31.7 Å². The second kappa shape index (κ2) is 9.20. The average molecular weight is 347 g/mol. The minimum Gasteiger partial charge on any atom is -0.466 e. The topological polar surface area (TPSA) is 72.9 Å². The van der Waals surface area contributed by atoms with Crippen molar-refractivity contribution in [3.63, 3.8) is 0 Å². The van der Waals surface area contributed by atoms with Crippen molar-refractivity contribution >= 4 is 17.8 Å². The molecule has 6 heteroatoms. The highest BCUT2D eigenvalue weighted by Gasteiger charge is 2.35. The van der Waals surface area contributed by atoms with Crippen LogP contribution in [0.25, 0.3) is 0 Å². The van der Waals surface area contributed by atoms with E-state index < -0.39 is 5.97 Å². The minimum atomic E-state index is -0.484. The van der Waals surface area contributed by atoms with Gasteiger partial charge in [0, 0.05) is 18.5 Å². The number of nitrogens with zero attached hydrogens (tertiary/aromatic N) is 1. The van der Waals surface area contributed by atoms with Crippen molar-refractivity contribution in [1.29, 1.82) is 0 Å². The van der Waals surface area contributed by atoms with E-state index in [9.17, 15) is 14.4 Å². The molecule has 0 aromatic heterocycles. The Balaban J connectivity index is 2.06. The Kier molecular flexibility index (Phi) is 6.98. The summed E-state index contributed by atoms with van der Waals surface area (Å²) in [5.74, 6) is -0.831. The fourth-order valence-corrected chi connectivity index (χ4v) is 3.28. The van der Waals surface area contributed by atoms with E-state index in [1.165, 1.54) is 7.11 Å². The fraction of sp³-hybridized carbons (Fsp3) is 0.526. The minimum absolute atomic E-state index is 0.110. The van der Waals surface area contributed by atoms with Gasteiger partial charge in [-0.1, -0.05) is 30.3 Å². The van der Waals surface area contributed by atoms with Crippen molar-refractivity contribution < 1.29 is 23.9 Å². The first-order valence-corrected chi connectivity index (χ1v) is 8.62. The number of methoxy groups -OCH3 is 1. The van der Waals surface area contributed by atoms with Crippen LogP contribution in [0.5, 0.6) is 0 Å². The number of amides is 1. The van der Waals surface area contributed by atoms with Gasteiger partial charge in [-0.2, -0.15) is 0 Å². The summed E-state index contributed by atoms with van der Waals surface area (Å²) in [6, 6.07) is 9.71. The lowest BCUT2D eigenvalue weighted by atomic mass is 9.84. The maximum atomic E-state index is 12.4. The van der Waals surface area contributed by atoms with Gasteiger partial charge in [-0.25, -0.2) is 4.79 Å². The summed E-state index contributed by atoms with van der Waals surface area (Å²) in [4.78, 5) is 37.7. The largest absolute Gasteiger partial charge is 0.466 e. The zero-order valence-corrected chi connectivity index (χ0v) is 14.8. The molecule has 0 bridgehead atoms. The highest BCUT2D eigenvalue weighted by atomic mass is 16.5. The molecule has 1 aliphatic rings. The van der Waals surface area contributed by atoms with E-state index in [1.54, 1.807) is 11.8 Å². The molecule has 1 amide bonds. The van der Waals surface area contributed by atoms with E-state index in [-0.39, 0.29) is 36.9 Å². The van der Waals surface area contributed by atoms with Gasteiger partial charge in [-0.15, -0.1) is 0 Å². The smallest absolute Gasteiger partial charge is 0.409 e. The Labute approximate surface area is 148 Å². The molecule has 1 aromatic rings. The predicted octanol–water partition coefficient (Wildman–Crippen LogP) is 2.60. The normalized spacial score (nSPS) is 20.0. The van der Waals surface area contributed by atoms with Crippen LogP contribution in [0.4, 0.5) is 4.79 Å². The highest BCUT2D eigenvalue weighted by Crippen LogP contribution is 2.27. The molecule has 0 radical (unpaired) electrons. The maximum absolute atomic E-state index is 12.4. The monoisotopic (exact) mass is 347 g/mol. The first-order valence-electron chi connectivity index (χ1n) is 8.62. The molecule has 0 saturated carbocycles. The van der Waals surface area contributed by atoms with Crippen LogP contribution in [0.15, 0.2) is 30.3 Å². The Morgan fingerprint density at radius 3 is 2.56 bits per heavy atom. The summed E-state index contributed by atoms with van der Waals surface area (Å²) in [7, 11) is 1.36. The number of carbonyl (C=O) groups excluding carboxylic acids is 3. The van der Waals surface area contributed by atoms with Gasteiger partial charge in [0.25, 0.3) is 0 Å². The van der Waals surface area contributed by atoms with Gasteiger partial charge >= 0.3 is 12.1 Å². The van der Waals surface area contributed by atoms with Crippen molar-refractivity contribution in [1.82, 2.24) is 4.90 Å². The maximum Gasteiger partial charge on any atom is 0.409 e. The van der Waals surface area contributed by atoms with Crippen molar-refractivity contribution in [2.45, 2.75) is 38.6 Å². The zero-order valence-electron chi connectivity index (χ0n) is 14.8. The molecular weight excluding hydrogens is 322 g/mol. The number of benzene rings is 1. The lowest BCUT2D eigenvalue weighted by Crippen LogP contribution is -2.48. The van der Waals surface area contributed by atoms with Crippen LogP contribution in [0, 0.1) is 5.92 Å². The van der Waals surface area contributed by atoms with Crippen LogP contribution in [-0.2, 0) is 25.5 Å². The third-order valence-electron chi connectivity index (χ3n) is 4.52. The molecule has 1 aromatic carbocycles. The molecule has 1 aliphatic heterocycles. The van der Waals surface area contributed by atoms with Gasteiger partial charge in [0.2, 0.25) is 0 Å². The van der Waals surface area contributed by atoms with E-state index >= 15 is 0 Å². The van der Waals surface area contributed by atoms with Crippen LogP contribution in [0.3, 0.4) is 0 Å². The standard InChI is InChI=1S/C19H25NO5/c1-3-25-18(22)13-17(21)15-9-10-20(19(23)24-2)16(12-15)11-14-7-5-4-6-8-14/h4-8,15-16H,3,9-13H2,1-2H3. The summed E-state index contributed by atoms with van der Waals surface area (Å²) >= 11 is 0. The molecule has 0 N–H and O–H groups in total. The second-order valence-corrected chi connectivity index (χ2v) is 6.18. The van der Waals surface area contributed by atoms with E-state index in [4.69, 9.17) is 9.47 Å². The van der Waals surface area contributed by atoms with Gasteiger partial charge in [0.15, 0.2) is 0 Å². The predicted molar refractivity (Wildman–Crippen MR) is 92.0 cm³/mol. The van der Waals surface area contributed by atoms with Crippen molar-refractivity contribution in [3.8, 4) is 0 Å². The molecule has 1 saturated heterocycles. The van der Waals surface area contributed by atoms with Crippen LogP contribution < -0.4 is 0 Å². The fourth-order valence-electron chi connectivity index (χ4n) is 3.28. The Morgan fingerprint density at radius 1 is 1.20 bits per heavy atom. The summed E-state index contributed by atoms with van der Waals surface area (Å²) in [6.45, 7) is 2.43. The average Bonchev–Trinajstić information content (AvgIpc) is 2.62. The number of piperidine rings is 1. The van der Waals surface area contributed by atoms with Gasteiger partial charge < -0.3 is 14.4 Å². The van der Waals surface area contributed by atoms with Crippen molar-refractivity contribution in [2.24, 2.45) is 5.92 Å². The van der Waals surface area contributed by atoms with Crippen LogP contribution in [-0.4, -0.2) is 49.0 Å². The summed E-state index contributed by atoms with van der Waals surface area (Å²) < 4.78 is 9.74. The molecule has 1 fully saturated rings. The number of ketones is 1. The zero-order chi connectivity index (χ0) is 18.2. The summed E-state index contributed by atoms with van der Waals surface area (Å²) in [5, 5.41) is 0. The molecule has 2 unspecified atom stereocenters. The highest BCUT2D eigenvalue weighted by molar-refractivity contribution is 5.96. The number of Topliss-reactive ketones (excluding diaryl/α,β-unsaturated/α-hetero) is 1. The summed E-state index contributed by atoms with van der Waals surface area (Å²) in [5.41, 5.74) is 1.10.